The summed E-state index contributed by atoms with van der Waals surface area (Å²) in [4.78, 5) is 17.3. The van der Waals surface area contributed by atoms with Gasteiger partial charge in [-0.15, -0.1) is 0 Å². The van der Waals surface area contributed by atoms with E-state index in [4.69, 9.17) is 19.2 Å². The molecule has 0 saturated heterocycles. The lowest BCUT2D eigenvalue weighted by Gasteiger charge is -2.28. The van der Waals surface area contributed by atoms with Crippen LogP contribution < -0.4 is 14.2 Å². The van der Waals surface area contributed by atoms with Crippen LogP contribution in [0.3, 0.4) is 0 Å². The van der Waals surface area contributed by atoms with Gasteiger partial charge in [0.15, 0.2) is 11.5 Å². The van der Waals surface area contributed by atoms with Gasteiger partial charge in [-0.25, -0.2) is 15.0 Å². The molecule has 0 fully saturated rings. The molecule has 2 unspecified atom stereocenters. The van der Waals surface area contributed by atoms with Gasteiger partial charge in [0.1, 0.15) is 24.5 Å². The Morgan fingerprint density at radius 2 is 1.75 bits per heavy atom. The Morgan fingerprint density at radius 3 is 2.61 bits per heavy atom. The molecule has 2 atom stereocenters. The van der Waals surface area contributed by atoms with Crippen LogP contribution in [0.25, 0.3) is 33.1 Å². The summed E-state index contributed by atoms with van der Waals surface area (Å²) in [5.41, 5.74) is 8.62. The summed E-state index contributed by atoms with van der Waals surface area (Å²) < 4.78 is 18.2. The number of benzene rings is 4. The lowest BCUT2D eigenvalue weighted by atomic mass is 9.81. The van der Waals surface area contributed by atoms with E-state index < -0.39 is 0 Å². The van der Waals surface area contributed by atoms with Gasteiger partial charge >= 0.3 is 0 Å². The highest BCUT2D eigenvalue weighted by Crippen LogP contribution is 2.37. The quantitative estimate of drug-likeness (QED) is 0.206. The van der Waals surface area contributed by atoms with E-state index >= 15 is 0 Å². The largest absolute Gasteiger partial charge is 0.493 e. The van der Waals surface area contributed by atoms with Crippen LogP contribution in [-0.2, 0) is 19.4 Å². The average Bonchev–Trinajstić information content (AvgIpc) is 3.42. The highest BCUT2D eigenvalue weighted by Gasteiger charge is 2.25. The highest BCUT2D eigenvalue weighted by molar-refractivity contribution is 5.85. The molecule has 7 heteroatoms. The number of H-pyrrole nitrogens is 1. The topological polar surface area (TPSA) is 82.2 Å². The van der Waals surface area contributed by atoms with Crippen molar-refractivity contribution in [3.05, 3.63) is 108 Å². The lowest BCUT2D eigenvalue weighted by molar-refractivity contribution is 0.221. The summed E-state index contributed by atoms with van der Waals surface area (Å²) in [6.07, 6.45) is 4.39. The van der Waals surface area contributed by atoms with Crippen LogP contribution in [0.4, 0.5) is 0 Å². The maximum atomic E-state index is 6.33. The number of methoxy groups -OCH3 is 1. The molecule has 2 aromatic heterocycles. The number of imidazole rings is 1. The van der Waals surface area contributed by atoms with Crippen LogP contribution in [0.5, 0.6) is 17.2 Å². The van der Waals surface area contributed by atoms with Gasteiger partial charge in [0, 0.05) is 11.5 Å². The number of rotatable bonds is 7. The Morgan fingerprint density at radius 1 is 0.909 bits per heavy atom. The highest BCUT2D eigenvalue weighted by atomic mass is 16.5. The average molecular weight is 585 g/mol. The van der Waals surface area contributed by atoms with Crippen LogP contribution >= 0.6 is 0 Å². The Balaban J connectivity index is 1.12. The van der Waals surface area contributed by atoms with Gasteiger partial charge in [-0.3, -0.25) is 0 Å². The van der Waals surface area contributed by atoms with E-state index in [0.29, 0.717) is 36.5 Å². The van der Waals surface area contributed by atoms with E-state index in [1.54, 1.807) is 13.4 Å². The van der Waals surface area contributed by atoms with Crippen molar-refractivity contribution in [2.24, 2.45) is 11.8 Å². The van der Waals surface area contributed by atoms with E-state index in [9.17, 15) is 0 Å². The molecule has 0 spiro atoms. The fourth-order valence-electron chi connectivity index (χ4n) is 6.33. The van der Waals surface area contributed by atoms with Crippen molar-refractivity contribution in [2.75, 3.05) is 13.7 Å². The molecule has 0 bridgehead atoms. The Hall–Kier alpha value is -4.91. The number of ether oxygens (including phenoxy) is 3. The number of aromatic nitrogens is 4. The monoisotopic (exact) mass is 584 g/mol. The lowest BCUT2D eigenvalue weighted by Crippen LogP contribution is -2.23. The molecule has 3 heterocycles. The molecule has 0 radical (unpaired) electrons. The molecule has 6 aromatic rings. The number of hydrogen-bond donors (Lipinski definition) is 1. The van der Waals surface area contributed by atoms with Crippen LogP contribution in [0.15, 0.2) is 85.2 Å². The van der Waals surface area contributed by atoms with Gasteiger partial charge in [-0.1, -0.05) is 49.4 Å². The first-order chi connectivity index (χ1) is 21.5. The Kier molecular flexibility index (Phi) is 7.61. The standard InChI is InChI=1S/C37H36N4O3/c1-23-15-29-16-27(28-9-11-31-34(18-28)41-24(2)40-31)10-12-35(29)43-14-13-26(23)17-32-30-19-36(42-3)37(20-33(30)39-22-38-32)44-21-25-7-5-4-6-8-25/h4-12,16,18-20,22-23,26H,13-15,17,21H2,1-3H3,(H,40,41). The predicted octanol–water partition coefficient (Wildman–Crippen LogP) is 7.89. The fraction of sp³-hybridized carbons (Fsp3) is 0.270. The minimum absolute atomic E-state index is 0.397. The maximum absolute atomic E-state index is 6.33. The smallest absolute Gasteiger partial charge is 0.163 e. The Labute approximate surface area is 257 Å². The second kappa shape index (κ2) is 12.0. The van der Waals surface area contributed by atoms with Crippen molar-refractivity contribution < 1.29 is 14.2 Å². The van der Waals surface area contributed by atoms with E-state index in [1.807, 2.05) is 49.4 Å². The van der Waals surface area contributed by atoms with Crippen molar-refractivity contribution in [1.82, 2.24) is 19.9 Å². The molecule has 44 heavy (non-hydrogen) atoms. The second-order valence-corrected chi connectivity index (χ2v) is 11.8. The Bertz CT molecular complexity index is 1940. The molecule has 1 aliphatic heterocycles. The molecule has 4 aromatic carbocycles. The number of fused-ring (bicyclic) bond motifs is 3. The third-order valence-electron chi connectivity index (χ3n) is 8.78. The number of aryl methyl sites for hydroxylation is 1. The first kappa shape index (κ1) is 27.9. The van der Waals surface area contributed by atoms with Gasteiger partial charge < -0.3 is 19.2 Å². The first-order valence-electron chi connectivity index (χ1n) is 15.2. The molecule has 7 nitrogen and oxygen atoms in total. The zero-order valence-electron chi connectivity index (χ0n) is 25.3. The van der Waals surface area contributed by atoms with Gasteiger partial charge in [0.2, 0.25) is 0 Å². The number of aromatic amines is 1. The SMILES string of the molecule is COc1cc2c(CC3CCOc4ccc(-c5ccc6nc(C)[nH]c6c5)cc4CC3C)ncnc2cc1OCc1ccccc1. The summed E-state index contributed by atoms with van der Waals surface area (Å²) >= 11 is 0. The van der Waals surface area contributed by atoms with Crippen LogP contribution in [0, 0.1) is 18.8 Å². The van der Waals surface area contributed by atoms with Crippen LogP contribution in [0.2, 0.25) is 0 Å². The summed E-state index contributed by atoms with van der Waals surface area (Å²) in [5, 5.41) is 0.999. The van der Waals surface area contributed by atoms with Crippen LogP contribution in [-0.4, -0.2) is 33.7 Å². The molecule has 0 saturated carbocycles. The molecular formula is C37H36N4O3. The van der Waals surface area contributed by atoms with Gasteiger partial charge in [0.25, 0.3) is 0 Å². The molecular weight excluding hydrogens is 548 g/mol. The zero-order valence-corrected chi connectivity index (χ0v) is 25.3. The summed E-state index contributed by atoms with van der Waals surface area (Å²) in [6, 6.07) is 27.1. The van der Waals surface area contributed by atoms with Crippen molar-refractivity contribution in [2.45, 2.75) is 39.7 Å². The first-order valence-corrected chi connectivity index (χ1v) is 15.2. The minimum Gasteiger partial charge on any atom is -0.493 e. The maximum Gasteiger partial charge on any atom is 0.163 e. The molecule has 0 amide bonds. The van der Waals surface area contributed by atoms with E-state index in [2.05, 4.69) is 58.3 Å². The molecule has 1 N–H and O–H groups in total. The number of nitrogens with one attached hydrogen (secondary N) is 1. The van der Waals surface area contributed by atoms with Crippen molar-refractivity contribution in [1.29, 1.82) is 0 Å². The third-order valence-corrected chi connectivity index (χ3v) is 8.78. The summed E-state index contributed by atoms with van der Waals surface area (Å²) in [6.45, 7) is 5.47. The third kappa shape index (κ3) is 5.70. The minimum atomic E-state index is 0.397. The molecule has 0 aliphatic carbocycles. The zero-order chi connectivity index (χ0) is 30.0. The van der Waals surface area contributed by atoms with Crippen LogP contribution in [0.1, 0.15) is 36.0 Å². The second-order valence-electron chi connectivity index (χ2n) is 11.8. The van der Waals surface area contributed by atoms with Gasteiger partial charge in [-0.2, -0.15) is 0 Å². The van der Waals surface area contributed by atoms with E-state index in [1.165, 1.54) is 16.7 Å². The van der Waals surface area contributed by atoms with Crippen molar-refractivity contribution in [3.8, 4) is 28.4 Å². The van der Waals surface area contributed by atoms with Gasteiger partial charge in [-0.05, 0) is 90.6 Å². The number of nitrogens with zero attached hydrogens (tertiary/aromatic N) is 3. The van der Waals surface area contributed by atoms with Crippen molar-refractivity contribution >= 4 is 21.9 Å². The molecule has 222 valence electrons. The van der Waals surface area contributed by atoms with E-state index in [-0.39, 0.29) is 0 Å². The predicted molar refractivity (Wildman–Crippen MR) is 173 cm³/mol. The summed E-state index contributed by atoms with van der Waals surface area (Å²) in [7, 11) is 1.67. The normalized spacial score (nSPS) is 16.6. The van der Waals surface area contributed by atoms with Gasteiger partial charge in [0.05, 0.1) is 36.0 Å². The van der Waals surface area contributed by atoms with E-state index in [0.717, 1.165) is 64.0 Å². The van der Waals surface area contributed by atoms with Crippen molar-refractivity contribution in [3.63, 3.8) is 0 Å². The molecule has 7 rings (SSSR count). The molecule has 1 aliphatic rings. The summed E-state index contributed by atoms with van der Waals surface area (Å²) in [5.74, 6) is 4.10. The fourth-order valence-corrected chi connectivity index (χ4v) is 6.33. The number of hydrogen-bond acceptors (Lipinski definition) is 6.